The molecule has 11 heteroatoms. The molecule has 0 aliphatic carbocycles. The third kappa shape index (κ3) is 5.50. The fourth-order valence-electron chi connectivity index (χ4n) is 5.02. The van der Waals surface area contributed by atoms with E-state index in [4.69, 9.17) is 13.9 Å². The molecule has 214 valence electrons. The highest BCUT2D eigenvalue weighted by Gasteiger charge is 2.50. The Kier molecular flexibility index (Phi) is 8.41. The van der Waals surface area contributed by atoms with E-state index in [1.165, 1.54) is 17.0 Å². The van der Waals surface area contributed by atoms with E-state index in [1.54, 1.807) is 31.4 Å². The third-order valence-electron chi connectivity index (χ3n) is 7.10. The molecule has 1 saturated heterocycles. The molecule has 1 atom stereocenters. The number of benzene rings is 2. The zero-order chi connectivity index (χ0) is 29.1. The van der Waals surface area contributed by atoms with E-state index >= 15 is 0 Å². The van der Waals surface area contributed by atoms with Crippen molar-refractivity contribution in [2.45, 2.75) is 57.7 Å². The lowest BCUT2D eigenvalue weighted by atomic mass is 9.87. The number of urea groups is 1. The lowest BCUT2D eigenvalue weighted by Gasteiger charge is -2.26. The largest absolute Gasteiger partial charge is 0.497 e. The highest BCUT2D eigenvalue weighted by Crippen LogP contribution is 2.38. The third-order valence-corrected chi connectivity index (χ3v) is 7.10. The number of hydrogen-bond acceptors (Lipinski definition) is 6. The molecule has 0 bridgehead atoms. The van der Waals surface area contributed by atoms with E-state index in [-0.39, 0.29) is 30.0 Å². The number of rotatable bonds is 11. The number of imide groups is 1. The molecule has 3 amide bonds. The molecule has 2 heterocycles. The van der Waals surface area contributed by atoms with Crippen LogP contribution in [0.25, 0.3) is 11.0 Å². The number of nitrogens with zero attached hydrogens (tertiary/aromatic N) is 1. The first-order valence-corrected chi connectivity index (χ1v) is 13.1. The molecule has 0 saturated carbocycles. The molecule has 1 aliphatic rings. The Morgan fingerprint density at radius 2 is 1.75 bits per heavy atom. The first-order chi connectivity index (χ1) is 19.1. The lowest BCUT2D eigenvalue weighted by molar-refractivity contribution is -0.136. The Morgan fingerprint density at radius 3 is 2.38 bits per heavy atom. The summed E-state index contributed by atoms with van der Waals surface area (Å²) >= 11 is 0. The number of carbonyl (C=O) groups is 2. The smallest absolute Gasteiger partial charge is 0.417 e. The number of nitrogens with one attached hydrogen (secondary N) is 1. The van der Waals surface area contributed by atoms with E-state index in [2.05, 4.69) is 5.32 Å². The van der Waals surface area contributed by atoms with Crippen molar-refractivity contribution in [2.75, 3.05) is 20.3 Å². The van der Waals surface area contributed by atoms with Crippen LogP contribution in [-0.4, -0.2) is 37.1 Å². The quantitative estimate of drug-likeness (QED) is 0.181. The maximum absolute atomic E-state index is 13.5. The van der Waals surface area contributed by atoms with Gasteiger partial charge in [0.1, 0.15) is 22.6 Å². The molecule has 0 radical (unpaired) electrons. The van der Waals surface area contributed by atoms with Crippen molar-refractivity contribution < 1.29 is 36.7 Å². The number of methoxy groups -OCH3 is 1. The summed E-state index contributed by atoms with van der Waals surface area (Å²) in [5.74, 6) is 0.637. The van der Waals surface area contributed by atoms with Gasteiger partial charge in [0.2, 0.25) is 0 Å². The van der Waals surface area contributed by atoms with Crippen LogP contribution in [0.3, 0.4) is 0 Å². The van der Waals surface area contributed by atoms with Gasteiger partial charge < -0.3 is 19.2 Å². The lowest BCUT2D eigenvalue weighted by Crippen LogP contribution is -2.43. The van der Waals surface area contributed by atoms with Crippen LogP contribution in [0.1, 0.15) is 56.2 Å². The molecule has 1 aliphatic heterocycles. The second-order valence-corrected chi connectivity index (χ2v) is 9.58. The molecule has 1 N–H and O–H groups in total. The van der Waals surface area contributed by atoms with Crippen molar-refractivity contribution in [2.24, 2.45) is 0 Å². The summed E-state index contributed by atoms with van der Waals surface area (Å²) in [5, 5.41) is 2.65. The summed E-state index contributed by atoms with van der Waals surface area (Å²) < 4.78 is 56.8. The molecule has 0 spiro atoms. The molecular weight excluding hydrogens is 529 g/mol. The summed E-state index contributed by atoms with van der Waals surface area (Å²) in [4.78, 5) is 39.2. The van der Waals surface area contributed by atoms with Crippen LogP contribution in [0.2, 0.25) is 0 Å². The first-order valence-electron chi connectivity index (χ1n) is 13.1. The molecule has 3 aromatic rings. The average molecular weight is 561 g/mol. The monoisotopic (exact) mass is 560 g/mol. The predicted octanol–water partition coefficient (Wildman–Crippen LogP) is 5.79. The number of ether oxygens (including phenoxy) is 2. The van der Waals surface area contributed by atoms with Crippen molar-refractivity contribution in [3.05, 3.63) is 69.6 Å². The average Bonchev–Trinajstić information content (AvgIpc) is 3.18. The number of amides is 3. The van der Waals surface area contributed by atoms with Crippen molar-refractivity contribution in [3.8, 4) is 11.5 Å². The summed E-state index contributed by atoms with van der Waals surface area (Å²) in [6.07, 6.45) is -2.47. The van der Waals surface area contributed by atoms with E-state index in [0.717, 1.165) is 0 Å². The van der Waals surface area contributed by atoms with Gasteiger partial charge in [0.25, 0.3) is 5.91 Å². The van der Waals surface area contributed by atoms with Crippen LogP contribution in [0.4, 0.5) is 18.0 Å². The van der Waals surface area contributed by atoms with Gasteiger partial charge in [-0.05, 0) is 55.5 Å². The van der Waals surface area contributed by atoms with Crippen LogP contribution in [0.15, 0.2) is 51.7 Å². The Hall–Kier alpha value is -4.02. The van der Waals surface area contributed by atoms with Gasteiger partial charge in [-0.25, -0.2) is 9.59 Å². The number of carbonyl (C=O) groups excluding carboxylic acids is 2. The molecular formula is C29H31F3N2O6. The zero-order valence-corrected chi connectivity index (χ0v) is 22.5. The predicted molar refractivity (Wildman–Crippen MR) is 141 cm³/mol. The van der Waals surface area contributed by atoms with Crippen LogP contribution < -0.4 is 20.4 Å². The molecule has 1 unspecified atom stereocenters. The van der Waals surface area contributed by atoms with Crippen LogP contribution in [0, 0.1) is 0 Å². The maximum atomic E-state index is 13.5. The maximum Gasteiger partial charge on any atom is 0.417 e. The molecule has 1 aromatic heterocycles. The number of unbranched alkanes of at least 4 members (excludes halogenated alkanes) is 1. The summed E-state index contributed by atoms with van der Waals surface area (Å²) in [7, 11) is 1.55. The van der Waals surface area contributed by atoms with Crippen molar-refractivity contribution in [1.82, 2.24) is 10.2 Å². The van der Waals surface area contributed by atoms with E-state index < -0.39 is 28.9 Å². The van der Waals surface area contributed by atoms with E-state index in [0.29, 0.717) is 60.8 Å². The molecule has 4 rings (SSSR count). The summed E-state index contributed by atoms with van der Waals surface area (Å²) in [5.41, 5.74) is -2.36. The highest BCUT2D eigenvalue weighted by molar-refractivity contribution is 6.07. The van der Waals surface area contributed by atoms with Gasteiger partial charge in [0.15, 0.2) is 0 Å². The Morgan fingerprint density at radius 1 is 1.02 bits per heavy atom. The van der Waals surface area contributed by atoms with Crippen LogP contribution in [-0.2, 0) is 22.9 Å². The van der Waals surface area contributed by atoms with Gasteiger partial charge in [-0.3, -0.25) is 9.69 Å². The van der Waals surface area contributed by atoms with Gasteiger partial charge in [-0.15, -0.1) is 0 Å². The van der Waals surface area contributed by atoms with Gasteiger partial charge in [0.05, 0.1) is 19.3 Å². The topological polar surface area (TPSA) is 98.1 Å². The zero-order valence-electron chi connectivity index (χ0n) is 22.5. The Balaban J connectivity index is 1.43. The molecule has 1 fully saturated rings. The normalized spacial score (nSPS) is 17.4. The Labute approximate surface area is 229 Å². The minimum atomic E-state index is -4.71. The standard InChI is InChI=1S/C29H31F3N2O6/c1-4-8-21-23(14-13-20-22(29(30,31)32)17-24(35)40-25(20)21)39-16-7-6-15-34-26(36)28(5-2,33-27(34)37)18-9-11-19(38-3)12-10-18/h9-14,17H,4-8,15-16H2,1-3H3,(H,33,37). The minimum absolute atomic E-state index is 0.132. The second kappa shape index (κ2) is 11.6. The Bertz CT molecular complexity index is 1450. The highest BCUT2D eigenvalue weighted by atomic mass is 19.4. The number of halogens is 3. The second-order valence-electron chi connectivity index (χ2n) is 9.58. The van der Waals surface area contributed by atoms with Gasteiger partial charge in [-0.2, -0.15) is 13.2 Å². The number of fused-ring (bicyclic) bond motifs is 1. The van der Waals surface area contributed by atoms with Crippen LogP contribution >= 0.6 is 0 Å². The van der Waals surface area contributed by atoms with Gasteiger partial charge >= 0.3 is 17.8 Å². The number of alkyl halides is 3. The SMILES string of the molecule is CCCc1c(OCCCCN2C(=O)NC(CC)(c3ccc(OC)cc3)C2=O)ccc2c(C(F)(F)F)cc(=O)oc12. The summed E-state index contributed by atoms with van der Waals surface area (Å²) in [6.45, 7) is 4.05. The van der Waals surface area contributed by atoms with Crippen molar-refractivity contribution in [3.63, 3.8) is 0 Å². The number of aryl methyl sites for hydroxylation is 1. The molecule has 8 nitrogen and oxygen atoms in total. The van der Waals surface area contributed by atoms with Crippen LogP contribution in [0.5, 0.6) is 11.5 Å². The van der Waals surface area contributed by atoms with Gasteiger partial charge in [-0.1, -0.05) is 32.4 Å². The van der Waals surface area contributed by atoms with E-state index in [9.17, 15) is 27.6 Å². The fourth-order valence-corrected chi connectivity index (χ4v) is 5.02. The van der Waals surface area contributed by atoms with Gasteiger partial charge in [0, 0.05) is 23.6 Å². The summed E-state index contributed by atoms with van der Waals surface area (Å²) in [6, 6.07) is 9.66. The molecule has 2 aromatic carbocycles. The fraction of sp³-hybridized carbons (Fsp3) is 0.414. The van der Waals surface area contributed by atoms with E-state index in [1.807, 2.05) is 13.8 Å². The minimum Gasteiger partial charge on any atom is -0.497 e. The number of hydrogen-bond donors (Lipinski definition) is 1. The molecule has 40 heavy (non-hydrogen) atoms. The van der Waals surface area contributed by atoms with Crippen molar-refractivity contribution >= 4 is 22.9 Å². The van der Waals surface area contributed by atoms with Crippen molar-refractivity contribution in [1.29, 1.82) is 0 Å². The first kappa shape index (κ1) is 29.0.